The minimum absolute atomic E-state index is 0.210. The van der Waals surface area contributed by atoms with Gasteiger partial charge in [-0.05, 0) is 32.1 Å². The number of hydrogen-bond donors (Lipinski definition) is 0. The summed E-state index contributed by atoms with van der Waals surface area (Å²) >= 11 is 0. The van der Waals surface area contributed by atoms with E-state index >= 15 is 0 Å². The van der Waals surface area contributed by atoms with Crippen molar-refractivity contribution >= 4 is 11.6 Å². The van der Waals surface area contributed by atoms with Crippen LogP contribution < -0.4 is 0 Å². The summed E-state index contributed by atoms with van der Waals surface area (Å²) in [6.07, 6.45) is 3.65. The average Bonchev–Trinajstić information content (AvgIpc) is 2.04. The van der Waals surface area contributed by atoms with Gasteiger partial charge in [-0.2, -0.15) is 0 Å². The van der Waals surface area contributed by atoms with E-state index in [1.165, 1.54) is 0 Å². The number of Topliss-reactive ketones (excluding diaryl/α,β-unsaturated/α-hetero) is 2. The van der Waals surface area contributed by atoms with Crippen LogP contribution in [0.2, 0.25) is 0 Å². The molecule has 0 radical (unpaired) electrons. The maximum atomic E-state index is 11.3. The molecule has 0 heterocycles. The van der Waals surface area contributed by atoms with Gasteiger partial charge in [0.05, 0.1) is 0 Å². The lowest BCUT2D eigenvalue weighted by atomic mass is 9.63. The van der Waals surface area contributed by atoms with Crippen molar-refractivity contribution in [1.29, 1.82) is 0 Å². The van der Waals surface area contributed by atoms with E-state index in [9.17, 15) is 9.59 Å². The Morgan fingerprint density at radius 3 is 2.58 bits per heavy atom. The van der Waals surface area contributed by atoms with Gasteiger partial charge in [-0.1, -0.05) is 0 Å². The van der Waals surface area contributed by atoms with Gasteiger partial charge in [-0.25, -0.2) is 0 Å². The smallest absolute Gasteiger partial charge is 0.136 e. The van der Waals surface area contributed by atoms with Gasteiger partial charge in [0.2, 0.25) is 0 Å². The van der Waals surface area contributed by atoms with E-state index in [-0.39, 0.29) is 17.6 Å². The molecule has 0 aromatic rings. The summed E-state index contributed by atoms with van der Waals surface area (Å²) in [6.45, 7) is 1.66. The molecule has 0 spiro atoms. The minimum atomic E-state index is 0.210. The second-order valence-electron chi connectivity index (χ2n) is 4.16. The fourth-order valence-corrected chi connectivity index (χ4v) is 2.69. The third kappa shape index (κ3) is 1.10. The van der Waals surface area contributed by atoms with E-state index in [4.69, 9.17) is 0 Å². The molecule has 3 atom stereocenters. The van der Waals surface area contributed by atoms with Crippen molar-refractivity contribution in [2.24, 2.45) is 17.8 Å². The Kier molecular flexibility index (Phi) is 1.78. The summed E-state index contributed by atoms with van der Waals surface area (Å²) in [4.78, 5) is 22.5. The van der Waals surface area contributed by atoms with E-state index in [1.807, 2.05) is 0 Å². The van der Waals surface area contributed by atoms with Crippen molar-refractivity contribution in [1.82, 2.24) is 0 Å². The zero-order chi connectivity index (χ0) is 8.72. The van der Waals surface area contributed by atoms with Gasteiger partial charge in [0.1, 0.15) is 11.6 Å². The van der Waals surface area contributed by atoms with Crippen LogP contribution in [0, 0.1) is 17.8 Å². The second-order valence-corrected chi connectivity index (χ2v) is 4.16. The van der Waals surface area contributed by atoms with Gasteiger partial charge in [0, 0.05) is 18.3 Å². The number of fused-ring (bicyclic) bond motifs is 3. The Balaban J connectivity index is 2.15. The van der Waals surface area contributed by atoms with Crippen LogP contribution in [-0.4, -0.2) is 11.6 Å². The van der Waals surface area contributed by atoms with Crippen LogP contribution in [0.4, 0.5) is 0 Å². The highest BCUT2D eigenvalue weighted by molar-refractivity contribution is 5.87. The fourth-order valence-electron chi connectivity index (χ4n) is 2.69. The molecule has 3 unspecified atom stereocenters. The van der Waals surface area contributed by atoms with Crippen LogP contribution in [0.15, 0.2) is 0 Å². The molecular formula is C10H14O2. The first-order valence-electron chi connectivity index (χ1n) is 4.71. The van der Waals surface area contributed by atoms with E-state index in [0.717, 1.165) is 19.3 Å². The molecular weight excluding hydrogens is 152 g/mol. The third-order valence-corrected chi connectivity index (χ3v) is 3.43. The lowest BCUT2D eigenvalue weighted by Gasteiger charge is -2.39. The molecule has 0 aliphatic heterocycles. The molecule has 0 aromatic carbocycles. The SMILES string of the molecule is CC(=O)C1CC2CCC1CC2=O. The molecule has 66 valence electrons. The lowest BCUT2D eigenvalue weighted by molar-refractivity contribution is -0.136. The van der Waals surface area contributed by atoms with Crippen molar-refractivity contribution in [2.45, 2.75) is 32.6 Å². The first-order chi connectivity index (χ1) is 5.68. The quantitative estimate of drug-likeness (QED) is 0.592. The Hall–Kier alpha value is -0.660. The van der Waals surface area contributed by atoms with Gasteiger partial charge in [0.15, 0.2) is 0 Å². The minimum Gasteiger partial charge on any atom is -0.300 e. The maximum Gasteiger partial charge on any atom is 0.136 e. The number of carbonyl (C=O) groups excluding carboxylic acids is 2. The van der Waals surface area contributed by atoms with E-state index in [1.54, 1.807) is 6.92 Å². The summed E-state index contributed by atoms with van der Waals surface area (Å²) in [5.74, 6) is 1.52. The summed E-state index contributed by atoms with van der Waals surface area (Å²) in [6, 6.07) is 0. The van der Waals surface area contributed by atoms with Crippen LogP contribution >= 0.6 is 0 Å². The zero-order valence-electron chi connectivity index (χ0n) is 7.38. The first-order valence-corrected chi connectivity index (χ1v) is 4.71. The van der Waals surface area contributed by atoms with Crippen molar-refractivity contribution < 1.29 is 9.59 Å². The standard InChI is InChI=1S/C10H14O2/c1-6(11)9-4-8-3-2-7(9)5-10(8)12/h7-9H,2-5H2,1H3. The van der Waals surface area contributed by atoms with Gasteiger partial charge in [0.25, 0.3) is 0 Å². The maximum absolute atomic E-state index is 11.3. The summed E-state index contributed by atoms with van der Waals surface area (Å²) in [7, 11) is 0. The van der Waals surface area contributed by atoms with E-state index in [0.29, 0.717) is 18.1 Å². The molecule has 2 heteroatoms. The summed E-state index contributed by atoms with van der Waals surface area (Å²) in [5, 5.41) is 0. The van der Waals surface area contributed by atoms with Crippen molar-refractivity contribution in [3.63, 3.8) is 0 Å². The molecule has 3 rings (SSSR count). The molecule has 2 bridgehead atoms. The molecule has 3 fully saturated rings. The molecule has 0 aromatic heterocycles. The largest absolute Gasteiger partial charge is 0.300 e. The van der Waals surface area contributed by atoms with Gasteiger partial charge in [-0.15, -0.1) is 0 Å². The highest BCUT2D eigenvalue weighted by Crippen LogP contribution is 2.43. The zero-order valence-corrected chi connectivity index (χ0v) is 7.38. The predicted octanol–water partition coefficient (Wildman–Crippen LogP) is 1.58. The third-order valence-electron chi connectivity index (χ3n) is 3.43. The molecule has 3 aliphatic rings. The van der Waals surface area contributed by atoms with Crippen molar-refractivity contribution in [3.8, 4) is 0 Å². The molecule has 12 heavy (non-hydrogen) atoms. The Bertz CT molecular complexity index is 232. The van der Waals surface area contributed by atoms with Crippen molar-refractivity contribution in [3.05, 3.63) is 0 Å². The van der Waals surface area contributed by atoms with Crippen molar-refractivity contribution in [2.75, 3.05) is 0 Å². The first kappa shape index (κ1) is 7.96. The Morgan fingerprint density at radius 1 is 1.42 bits per heavy atom. The van der Waals surface area contributed by atoms with Gasteiger partial charge in [-0.3, -0.25) is 9.59 Å². The average molecular weight is 166 g/mol. The summed E-state index contributed by atoms with van der Waals surface area (Å²) in [5.41, 5.74) is 0. The monoisotopic (exact) mass is 166 g/mol. The highest BCUT2D eigenvalue weighted by Gasteiger charge is 2.42. The molecule has 3 aliphatic carbocycles. The van der Waals surface area contributed by atoms with Crippen LogP contribution in [0.1, 0.15) is 32.6 Å². The van der Waals surface area contributed by atoms with Crippen LogP contribution in [0.5, 0.6) is 0 Å². The van der Waals surface area contributed by atoms with Crippen LogP contribution in [0.25, 0.3) is 0 Å². The predicted molar refractivity (Wildman–Crippen MR) is 44.6 cm³/mol. The Morgan fingerprint density at radius 2 is 2.17 bits per heavy atom. The molecule has 0 N–H and O–H groups in total. The summed E-state index contributed by atoms with van der Waals surface area (Å²) < 4.78 is 0. The van der Waals surface area contributed by atoms with Gasteiger partial charge >= 0.3 is 0 Å². The van der Waals surface area contributed by atoms with Gasteiger partial charge < -0.3 is 0 Å². The topological polar surface area (TPSA) is 34.1 Å². The number of rotatable bonds is 1. The van der Waals surface area contributed by atoms with E-state index < -0.39 is 0 Å². The number of carbonyl (C=O) groups is 2. The number of hydrogen-bond acceptors (Lipinski definition) is 2. The van der Waals surface area contributed by atoms with Crippen LogP contribution in [0.3, 0.4) is 0 Å². The molecule has 3 saturated carbocycles. The molecule has 0 saturated heterocycles. The number of ketones is 2. The fraction of sp³-hybridized carbons (Fsp3) is 0.800. The van der Waals surface area contributed by atoms with E-state index in [2.05, 4.69) is 0 Å². The Labute approximate surface area is 72.3 Å². The molecule has 0 amide bonds. The lowest BCUT2D eigenvalue weighted by Crippen LogP contribution is -2.40. The highest BCUT2D eigenvalue weighted by atomic mass is 16.1. The molecule has 2 nitrogen and oxygen atoms in total. The normalized spacial score (nSPS) is 40.1. The van der Waals surface area contributed by atoms with Crippen LogP contribution in [-0.2, 0) is 9.59 Å². The second kappa shape index (κ2) is 2.68.